The molecule has 0 amide bonds. The number of hydrogen-bond acceptors (Lipinski definition) is 2. The van der Waals surface area contributed by atoms with Gasteiger partial charge in [0.05, 0.1) is 11.3 Å². The molecule has 0 radical (unpaired) electrons. The van der Waals surface area contributed by atoms with Crippen LogP contribution in [0, 0.1) is 4.91 Å². The third kappa shape index (κ3) is 1.81. The molecule has 3 nitrogen and oxygen atoms in total. The predicted octanol–water partition coefficient (Wildman–Crippen LogP) is 2.36. The minimum absolute atomic E-state index is 0.0451. The topological polar surface area (TPSA) is 32.7 Å². The molecule has 0 saturated carbocycles. The van der Waals surface area contributed by atoms with Crippen molar-refractivity contribution >= 4 is 0 Å². The summed E-state index contributed by atoms with van der Waals surface area (Å²) in [6.07, 6.45) is 0. The van der Waals surface area contributed by atoms with Gasteiger partial charge < -0.3 is 0 Å². The zero-order valence-corrected chi connectivity index (χ0v) is 7.27. The van der Waals surface area contributed by atoms with E-state index < -0.39 is 0 Å². The fourth-order valence-corrected chi connectivity index (χ4v) is 1.02. The zero-order valence-electron chi connectivity index (χ0n) is 7.27. The van der Waals surface area contributed by atoms with Crippen molar-refractivity contribution in [2.45, 2.75) is 13.0 Å². The Balaban J connectivity index is 2.78. The summed E-state index contributed by atoms with van der Waals surface area (Å²) in [4.78, 5) is 10.2. The van der Waals surface area contributed by atoms with E-state index in [9.17, 15) is 4.91 Å². The van der Waals surface area contributed by atoms with E-state index in [0.717, 1.165) is 5.56 Å². The first-order chi connectivity index (χ1) is 5.75. The largest absolute Gasteiger partial charge is 0.257 e. The van der Waals surface area contributed by atoms with Crippen LogP contribution in [0.5, 0.6) is 0 Å². The molecular formula is C9H12N2O. The number of rotatable bonds is 3. The summed E-state index contributed by atoms with van der Waals surface area (Å²) in [5, 5.41) is 4.25. The maximum absolute atomic E-state index is 10.2. The van der Waals surface area contributed by atoms with Gasteiger partial charge in [0.15, 0.2) is 0 Å². The Morgan fingerprint density at radius 3 is 2.42 bits per heavy atom. The van der Waals surface area contributed by atoms with Crippen molar-refractivity contribution in [1.29, 1.82) is 0 Å². The van der Waals surface area contributed by atoms with Crippen LogP contribution >= 0.6 is 0 Å². The van der Waals surface area contributed by atoms with E-state index in [0.29, 0.717) is 0 Å². The van der Waals surface area contributed by atoms with E-state index in [1.807, 2.05) is 37.3 Å². The molecule has 12 heavy (non-hydrogen) atoms. The second kappa shape index (κ2) is 3.85. The third-order valence-electron chi connectivity index (χ3n) is 1.97. The Labute approximate surface area is 72.0 Å². The first-order valence-electron chi connectivity index (χ1n) is 3.86. The standard InChI is InChI=1S/C9H12N2O/c1-8(11(2)10-12)9-6-4-3-5-7-9/h3-8H,1-2H3/t8-/m1/s1. The average molecular weight is 164 g/mol. The van der Waals surface area contributed by atoms with Gasteiger partial charge in [0.25, 0.3) is 0 Å². The average Bonchev–Trinajstić information content (AvgIpc) is 2.17. The predicted molar refractivity (Wildman–Crippen MR) is 48.4 cm³/mol. The summed E-state index contributed by atoms with van der Waals surface area (Å²) >= 11 is 0. The Morgan fingerprint density at radius 1 is 1.33 bits per heavy atom. The van der Waals surface area contributed by atoms with Gasteiger partial charge >= 0.3 is 0 Å². The molecular weight excluding hydrogens is 152 g/mol. The van der Waals surface area contributed by atoms with Gasteiger partial charge in [-0.2, -0.15) is 0 Å². The molecule has 0 bridgehead atoms. The zero-order chi connectivity index (χ0) is 8.97. The number of benzene rings is 1. The lowest BCUT2D eigenvalue weighted by Gasteiger charge is -2.17. The molecule has 0 spiro atoms. The molecule has 64 valence electrons. The van der Waals surface area contributed by atoms with Crippen LogP contribution in [-0.4, -0.2) is 12.1 Å². The molecule has 0 N–H and O–H groups in total. The summed E-state index contributed by atoms with van der Waals surface area (Å²) in [7, 11) is 1.67. The monoisotopic (exact) mass is 164 g/mol. The minimum Gasteiger partial charge on any atom is -0.257 e. The number of nitrogens with zero attached hydrogens (tertiary/aromatic N) is 2. The van der Waals surface area contributed by atoms with Crippen LogP contribution in [0.1, 0.15) is 18.5 Å². The molecule has 1 aromatic carbocycles. The maximum Gasteiger partial charge on any atom is 0.0720 e. The van der Waals surface area contributed by atoms with Crippen molar-refractivity contribution in [3.05, 3.63) is 40.8 Å². The van der Waals surface area contributed by atoms with Crippen LogP contribution in [0.3, 0.4) is 0 Å². The molecule has 0 heterocycles. The van der Waals surface area contributed by atoms with Gasteiger partial charge in [-0.05, 0) is 12.5 Å². The fourth-order valence-electron chi connectivity index (χ4n) is 1.02. The normalized spacial score (nSPS) is 12.2. The van der Waals surface area contributed by atoms with Gasteiger partial charge in [-0.3, -0.25) is 5.01 Å². The van der Waals surface area contributed by atoms with Crippen LogP contribution in [-0.2, 0) is 0 Å². The van der Waals surface area contributed by atoms with Crippen molar-refractivity contribution in [3.8, 4) is 0 Å². The first-order valence-corrected chi connectivity index (χ1v) is 3.86. The van der Waals surface area contributed by atoms with Crippen LogP contribution in [0.15, 0.2) is 35.6 Å². The molecule has 0 fully saturated rings. The van der Waals surface area contributed by atoms with Crippen molar-refractivity contribution in [3.63, 3.8) is 0 Å². The molecule has 1 rings (SSSR count). The van der Waals surface area contributed by atoms with Crippen LogP contribution in [0.2, 0.25) is 0 Å². The molecule has 1 atom stereocenters. The highest BCUT2D eigenvalue weighted by molar-refractivity contribution is 5.17. The highest BCUT2D eigenvalue weighted by Gasteiger charge is 2.08. The number of hydrogen-bond donors (Lipinski definition) is 0. The Hall–Kier alpha value is -1.38. The quantitative estimate of drug-likeness (QED) is 0.507. The first kappa shape index (κ1) is 8.71. The SMILES string of the molecule is C[C@H](c1ccccc1)N(C)N=O. The highest BCUT2D eigenvalue weighted by atomic mass is 16.3. The van der Waals surface area contributed by atoms with Crippen molar-refractivity contribution in [1.82, 2.24) is 5.01 Å². The Bertz CT molecular complexity index is 248. The molecule has 1 aromatic rings. The van der Waals surface area contributed by atoms with Gasteiger partial charge in [0.2, 0.25) is 0 Å². The van der Waals surface area contributed by atoms with E-state index in [1.165, 1.54) is 5.01 Å². The highest BCUT2D eigenvalue weighted by Crippen LogP contribution is 2.17. The van der Waals surface area contributed by atoms with Crippen LogP contribution in [0.25, 0.3) is 0 Å². The summed E-state index contributed by atoms with van der Waals surface area (Å²) in [6.45, 7) is 1.94. The lowest BCUT2D eigenvalue weighted by atomic mass is 10.1. The Kier molecular flexibility index (Phi) is 2.80. The van der Waals surface area contributed by atoms with Gasteiger partial charge in [-0.1, -0.05) is 30.3 Å². The van der Waals surface area contributed by atoms with E-state index in [1.54, 1.807) is 7.05 Å². The Morgan fingerprint density at radius 2 is 1.92 bits per heavy atom. The van der Waals surface area contributed by atoms with Gasteiger partial charge in [-0.15, -0.1) is 4.91 Å². The molecule has 0 aliphatic rings. The summed E-state index contributed by atoms with van der Waals surface area (Å²) in [6, 6.07) is 9.85. The lowest BCUT2D eigenvalue weighted by molar-refractivity contribution is 0.271. The van der Waals surface area contributed by atoms with E-state index in [2.05, 4.69) is 5.29 Å². The van der Waals surface area contributed by atoms with Gasteiger partial charge in [0.1, 0.15) is 0 Å². The molecule has 3 heteroatoms. The second-order valence-corrected chi connectivity index (χ2v) is 2.74. The van der Waals surface area contributed by atoms with Gasteiger partial charge in [-0.25, -0.2) is 0 Å². The summed E-state index contributed by atoms with van der Waals surface area (Å²) in [5.74, 6) is 0. The third-order valence-corrected chi connectivity index (χ3v) is 1.97. The molecule has 0 aliphatic carbocycles. The van der Waals surface area contributed by atoms with Gasteiger partial charge in [0, 0.05) is 7.05 Å². The van der Waals surface area contributed by atoms with E-state index in [-0.39, 0.29) is 6.04 Å². The fraction of sp³-hybridized carbons (Fsp3) is 0.333. The van der Waals surface area contributed by atoms with Crippen molar-refractivity contribution in [2.75, 3.05) is 7.05 Å². The minimum atomic E-state index is 0.0451. The lowest BCUT2D eigenvalue weighted by Crippen LogP contribution is -2.14. The van der Waals surface area contributed by atoms with Crippen molar-refractivity contribution < 1.29 is 0 Å². The van der Waals surface area contributed by atoms with Crippen molar-refractivity contribution in [2.24, 2.45) is 5.29 Å². The summed E-state index contributed by atoms with van der Waals surface area (Å²) < 4.78 is 0. The molecule has 0 aromatic heterocycles. The van der Waals surface area contributed by atoms with E-state index in [4.69, 9.17) is 0 Å². The van der Waals surface area contributed by atoms with E-state index >= 15 is 0 Å². The molecule has 0 unspecified atom stereocenters. The maximum atomic E-state index is 10.2. The van der Waals surface area contributed by atoms with Crippen LogP contribution < -0.4 is 0 Å². The second-order valence-electron chi connectivity index (χ2n) is 2.74. The molecule has 0 saturated heterocycles. The summed E-state index contributed by atoms with van der Waals surface area (Å²) in [5.41, 5.74) is 1.10. The van der Waals surface area contributed by atoms with Crippen LogP contribution in [0.4, 0.5) is 0 Å². The smallest absolute Gasteiger partial charge is 0.0720 e. The molecule has 0 aliphatic heterocycles. The number of nitroso groups, excluding NO2 is 1.